The highest BCUT2D eigenvalue weighted by Crippen LogP contribution is 2.34. The van der Waals surface area contributed by atoms with Gasteiger partial charge in [0.25, 0.3) is 5.91 Å². The van der Waals surface area contributed by atoms with Gasteiger partial charge in [-0.2, -0.15) is 0 Å². The number of anilines is 1. The molecule has 0 saturated carbocycles. The van der Waals surface area contributed by atoms with Crippen molar-refractivity contribution in [2.45, 2.75) is 33.1 Å². The summed E-state index contributed by atoms with van der Waals surface area (Å²) in [4.78, 5) is 18.4. The van der Waals surface area contributed by atoms with Gasteiger partial charge in [0.1, 0.15) is 5.82 Å². The summed E-state index contributed by atoms with van der Waals surface area (Å²) in [5.74, 6) is 0.310. The van der Waals surface area contributed by atoms with Crippen molar-refractivity contribution in [2.24, 2.45) is 5.41 Å². The number of hydrogen-bond donors (Lipinski definition) is 2. The molecule has 2 rings (SSSR count). The average Bonchev–Trinajstić information content (AvgIpc) is 2.52. The molecule has 5 heteroatoms. The monoisotopic (exact) mass is 303 g/mol. The van der Waals surface area contributed by atoms with Gasteiger partial charge in [0, 0.05) is 30.3 Å². The predicted octanol–water partition coefficient (Wildman–Crippen LogP) is 2.23. The Labute approximate surface area is 131 Å². The third-order valence-electron chi connectivity index (χ3n) is 4.26. The summed E-state index contributed by atoms with van der Waals surface area (Å²) in [6.45, 7) is 5.50. The fourth-order valence-corrected chi connectivity index (χ4v) is 2.93. The van der Waals surface area contributed by atoms with E-state index in [2.05, 4.69) is 24.9 Å². The second kappa shape index (κ2) is 6.92. The zero-order valence-electron chi connectivity index (χ0n) is 13.4. The molecule has 1 amide bonds. The van der Waals surface area contributed by atoms with Crippen molar-refractivity contribution < 1.29 is 9.90 Å². The summed E-state index contributed by atoms with van der Waals surface area (Å²) < 4.78 is 0. The molecular formula is C17H25N3O2. The van der Waals surface area contributed by atoms with Crippen LogP contribution in [-0.2, 0) is 0 Å². The van der Waals surface area contributed by atoms with Crippen LogP contribution in [0.25, 0.3) is 0 Å². The van der Waals surface area contributed by atoms with Gasteiger partial charge in [0.15, 0.2) is 0 Å². The summed E-state index contributed by atoms with van der Waals surface area (Å²) in [5.41, 5.74) is 7.22. The number of rotatable bonds is 4. The first-order valence-corrected chi connectivity index (χ1v) is 7.71. The SMILES string of the molecule is CC(C)=CCC1(CO)CCCN(C(=O)c2ccnc(N)c2)C1. The van der Waals surface area contributed by atoms with Crippen LogP contribution >= 0.6 is 0 Å². The lowest BCUT2D eigenvalue weighted by molar-refractivity contribution is 0.0284. The second-order valence-electron chi connectivity index (χ2n) is 6.44. The Morgan fingerprint density at radius 1 is 1.55 bits per heavy atom. The van der Waals surface area contributed by atoms with E-state index in [0.29, 0.717) is 17.9 Å². The molecule has 1 aliphatic heterocycles. The molecule has 3 N–H and O–H groups in total. The highest BCUT2D eigenvalue weighted by atomic mass is 16.3. The maximum atomic E-state index is 12.6. The summed E-state index contributed by atoms with van der Waals surface area (Å²) in [6, 6.07) is 3.29. The van der Waals surface area contributed by atoms with E-state index in [0.717, 1.165) is 25.8 Å². The zero-order chi connectivity index (χ0) is 16.2. The lowest BCUT2D eigenvalue weighted by Crippen LogP contribution is -2.47. The topological polar surface area (TPSA) is 79.5 Å². The predicted molar refractivity (Wildman–Crippen MR) is 87.4 cm³/mol. The molecule has 1 unspecified atom stereocenters. The number of aliphatic hydroxyl groups is 1. The van der Waals surface area contributed by atoms with Crippen molar-refractivity contribution in [1.29, 1.82) is 0 Å². The molecular weight excluding hydrogens is 278 g/mol. The Kier molecular flexibility index (Phi) is 5.19. The van der Waals surface area contributed by atoms with Crippen LogP contribution in [-0.4, -0.2) is 40.6 Å². The van der Waals surface area contributed by atoms with Gasteiger partial charge in [-0.15, -0.1) is 0 Å². The number of pyridine rings is 1. The molecule has 1 aromatic rings. The van der Waals surface area contributed by atoms with E-state index in [1.807, 2.05) is 4.90 Å². The highest BCUT2D eigenvalue weighted by molar-refractivity contribution is 5.94. The maximum Gasteiger partial charge on any atom is 0.254 e. The highest BCUT2D eigenvalue weighted by Gasteiger charge is 2.36. The van der Waals surface area contributed by atoms with E-state index in [1.165, 1.54) is 5.57 Å². The van der Waals surface area contributed by atoms with E-state index in [1.54, 1.807) is 18.3 Å². The number of likely N-dealkylation sites (tertiary alicyclic amines) is 1. The number of aromatic nitrogens is 1. The van der Waals surface area contributed by atoms with E-state index in [9.17, 15) is 9.90 Å². The molecule has 0 radical (unpaired) electrons. The number of hydrogen-bond acceptors (Lipinski definition) is 4. The van der Waals surface area contributed by atoms with E-state index in [-0.39, 0.29) is 17.9 Å². The number of nitrogens with zero attached hydrogens (tertiary/aromatic N) is 2. The molecule has 120 valence electrons. The largest absolute Gasteiger partial charge is 0.396 e. The Morgan fingerprint density at radius 3 is 2.95 bits per heavy atom. The number of piperidine rings is 1. The third kappa shape index (κ3) is 3.85. The molecule has 5 nitrogen and oxygen atoms in total. The minimum atomic E-state index is -0.232. The quantitative estimate of drug-likeness (QED) is 0.836. The summed E-state index contributed by atoms with van der Waals surface area (Å²) >= 11 is 0. The van der Waals surface area contributed by atoms with Gasteiger partial charge in [-0.25, -0.2) is 4.98 Å². The van der Waals surface area contributed by atoms with Gasteiger partial charge in [-0.05, 0) is 45.2 Å². The fourth-order valence-electron chi connectivity index (χ4n) is 2.93. The first kappa shape index (κ1) is 16.5. The smallest absolute Gasteiger partial charge is 0.254 e. The third-order valence-corrected chi connectivity index (χ3v) is 4.26. The Bertz CT molecular complexity index is 567. The normalized spacial score (nSPS) is 21.5. The van der Waals surface area contributed by atoms with E-state index in [4.69, 9.17) is 5.73 Å². The molecule has 1 fully saturated rings. The minimum absolute atomic E-state index is 0.0381. The number of allylic oxidation sites excluding steroid dienone is 2. The van der Waals surface area contributed by atoms with E-state index < -0.39 is 0 Å². The molecule has 1 aromatic heterocycles. The standard InChI is InChI=1S/C17H25N3O2/c1-13(2)4-7-17(12-21)6-3-9-20(11-17)16(22)14-5-8-19-15(18)10-14/h4-5,8,10,21H,3,6-7,9,11-12H2,1-2H3,(H2,18,19). The van der Waals surface area contributed by atoms with Crippen LogP contribution in [0.3, 0.4) is 0 Å². The van der Waals surface area contributed by atoms with Crippen molar-refractivity contribution in [3.05, 3.63) is 35.5 Å². The summed E-state index contributed by atoms with van der Waals surface area (Å²) in [6.07, 6.45) is 6.34. The number of carbonyl (C=O) groups excluding carboxylic acids is 1. The van der Waals surface area contributed by atoms with Crippen LogP contribution in [0.1, 0.15) is 43.5 Å². The molecule has 1 aliphatic rings. The van der Waals surface area contributed by atoms with E-state index >= 15 is 0 Å². The molecule has 22 heavy (non-hydrogen) atoms. The average molecular weight is 303 g/mol. The Morgan fingerprint density at radius 2 is 2.32 bits per heavy atom. The van der Waals surface area contributed by atoms with Crippen molar-refractivity contribution >= 4 is 11.7 Å². The Balaban J connectivity index is 2.15. The van der Waals surface area contributed by atoms with Gasteiger partial charge < -0.3 is 15.7 Å². The zero-order valence-corrected chi connectivity index (χ0v) is 13.4. The van der Waals surface area contributed by atoms with Crippen LogP contribution in [0.2, 0.25) is 0 Å². The van der Waals surface area contributed by atoms with Gasteiger partial charge in [0.05, 0.1) is 6.61 Å². The van der Waals surface area contributed by atoms with Crippen molar-refractivity contribution in [3.63, 3.8) is 0 Å². The molecule has 0 aliphatic carbocycles. The fraction of sp³-hybridized carbons (Fsp3) is 0.529. The van der Waals surface area contributed by atoms with Crippen LogP contribution in [0, 0.1) is 5.41 Å². The number of aliphatic hydroxyl groups excluding tert-OH is 1. The van der Waals surface area contributed by atoms with Crippen LogP contribution in [0.4, 0.5) is 5.82 Å². The number of amides is 1. The van der Waals surface area contributed by atoms with Gasteiger partial charge in [-0.3, -0.25) is 4.79 Å². The van der Waals surface area contributed by atoms with Crippen LogP contribution < -0.4 is 5.73 Å². The maximum absolute atomic E-state index is 12.6. The van der Waals surface area contributed by atoms with Crippen molar-refractivity contribution in [1.82, 2.24) is 9.88 Å². The Hall–Kier alpha value is -1.88. The number of nitrogen functional groups attached to an aromatic ring is 1. The van der Waals surface area contributed by atoms with Crippen LogP contribution in [0.15, 0.2) is 30.0 Å². The first-order chi connectivity index (χ1) is 10.5. The number of carbonyl (C=O) groups is 1. The molecule has 1 atom stereocenters. The summed E-state index contributed by atoms with van der Waals surface area (Å²) in [5, 5.41) is 9.87. The second-order valence-corrected chi connectivity index (χ2v) is 6.44. The lowest BCUT2D eigenvalue weighted by atomic mass is 9.77. The summed E-state index contributed by atoms with van der Waals surface area (Å²) in [7, 11) is 0. The molecule has 0 aromatic carbocycles. The lowest BCUT2D eigenvalue weighted by Gasteiger charge is -2.41. The van der Waals surface area contributed by atoms with Gasteiger partial charge >= 0.3 is 0 Å². The van der Waals surface area contributed by atoms with Crippen molar-refractivity contribution in [2.75, 3.05) is 25.4 Å². The molecule has 2 heterocycles. The number of nitrogens with two attached hydrogens (primary N) is 1. The van der Waals surface area contributed by atoms with Crippen molar-refractivity contribution in [3.8, 4) is 0 Å². The van der Waals surface area contributed by atoms with Gasteiger partial charge in [-0.1, -0.05) is 11.6 Å². The molecule has 0 spiro atoms. The molecule has 1 saturated heterocycles. The van der Waals surface area contributed by atoms with Gasteiger partial charge in [0.2, 0.25) is 0 Å². The molecule has 0 bridgehead atoms. The first-order valence-electron chi connectivity index (χ1n) is 7.71. The minimum Gasteiger partial charge on any atom is -0.396 e. The van der Waals surface area contributed by atoms with Crippen LogP contribution in [0.5, 0.6) is 0 Å².